The largest absolute Gasteiger partial charge is 0.493 e. The molecule has 0 heterocycles. The lowest BCUT2D eigenvalue weighted by Crippen LogP contribution is -2.42. The van der Waals surface area contributed by atoms with Crippen molar-refractivity contribution in [2.24, 2.45) is 0 Å². The molecule has 0 aromatic heterocycles. The molecule has 0 saturated heterocycles. The number of nitrogens with one attached hydrogen (secondary N) is 1. The molecule has 6 nitrogen and oxygen atoms in total. The second-order valence-electron chi connectivity index (χ2n) is 6.82. The molecule has 1 atom stereocenters. The van der Waals surface area contributed by atoms with E-state index >= 15 is 0 Å². The van der Waals surface area contributed by atoms with E-state index in [9.17, 15) is 4.79 Å². The highest BCUT2D eigenvalue weighted by molar-refractivity contribution is 5.79. The molecular formula is C22H30N2O4. The first-order chi connectivity index (χ1) is 13.5. The van der Waals surface area contributed by atoms with Gasteiger partial charge in [0.05, 0.1) is 27.8 Å². The van der Waals surface area contributed by atoms with Crippen LogP contribution in [0.2, 0.25) is 0 Å². The van der Waals surface area contributed by atoms with E-state index in [-0.39, 0.29) is 18.4 Å². The average Bonchev–Trinajstić information content (AvgIpc) is 2.70. The molecule has 0 aliphatic carbocycles. The molecule has 0 fully saturated rings. The number of carbonyl (C=O) groups excluding carboxylic acids is 1. The zero-order chi connectivity index (χ0) is 20.5. The zero-order valence-electron chi connectivity index (χ0n) is 17.3. The van der Waals surface area contributed by atoms with Gasteiger partial charge in [0, 0.05) is 12.6 Å². The van der Waals surface area contributed by atoms with E-state index in [1.165, 1.54) is 5.56 Å². The lowest BCUT2D eigenvalue weighted by molar-refractivity contribution is -0.120. The first-order valence-electron chi connectivity index (χ1n) is 9.24. The van der Waals surface area contributed by atoms with E-state index in [2.05, 4.69) is 22.3 Å². The van der Waals surface area contributed by atoms with Crippen LogP contribution in [0, 0.1) is 0 Å². The molecule has 0 aliphatic heterocycles. The van der Waals surface area contributed by atoms with Crippen molar-refractivity contribution in [3.63, 3.8) is 0 Å². The van der Waals surface area contributed by atoms with Gasteiger partial charge in [-0.15, -0.1) is 0 Å². The summed E-state index contributed by atoms with van der Waals surface area (Å²) in [7, 11) is 8.73. The van der Waals surface area contributed by atoms with Crippen molar-refractivity contribution < 1.29 is 19.0 Å². The first-order valence-corrected chi connectivity index (χ1v) is 9.24. The highest BCUT2D eigenvalue weighted by atomic mass is 16.5. The normalized spacial score (nSPS) is 11.8. The maximum atomic E-state index is 12.5. The van der Waals surface area contributed by atoms with Gasteiger partial charge in [-0.2, -0.15) is 0 Å². The molecule has 1 N–H and O–H groups in total. The van der Waals surface area contributed by atoms with E-state index in [4.69, 9.17) is 14.2 Å². The Labute approximate surface area is 167 Å². The van der Waals surface area contributed by atoms with Crippen LogP contribution >= 0.6 is 0 Å². The Hall–Kier alpha value is -2.73. The smallest absolute Gasteiger partial charge is 0.224 e. The molecule has 2 rings (SSSR count). The minimum atomic E-state index is -0.0471. The fourth-order valence-electron chi connectivity index (χ4n) is 3.04. The molecule has 152 valence electrons. The number of likely N-dealkylation sites (N-methyl/N-ethyl adjacent to an activating group) is 1. The number of rotatable bonds is 10. The topological polar surface area (TPSA) is 60.0 Å². The van der Waals surface area contributed by atoms with Gasteiger partial charge in [-0.3, -0.25) is 4.79 Å². The van der Waals surface area contributed by atoms with E-state index in [1.807, 2.05) is 32.3 Å². The van der Waals surface area contributed by atoms with E-state index in [0.717, 1.165) is 12.0 Å². The summed E-state index contributed by atoms with van der Waals surface area (Å²) in [5.74, 6) is 1.55. The molecule has 2 aromatic carbocycles. The van der Waals surface area contributed by atoms with Gasteiger partial charge < -0.3 is 24.4 Å². The van der Waals surface area contributed by atoms with Gasteiger partial charge in [0.1, 0.15) is 0 Å². The van der Waals surface area contributed by atoms with Gasteiger partial charge in [0.2, 0.25) is 11.7 Å². The van der Waals surface area contributed by atoms with Crippen LogP contribution in [0.5, 0.6) is 17.2 Å². The van der Waals surface area contributed by atoms with E-state index < -0.39 is 0 Å². The van der Waals surface area contributed by atoms with Crippen molar-refractivity contribution in [2.75, 3.05) is 42.0 Å². The molecule has 28 heavy (non-hydrogen) atoms. The molecule has 0 bridgehead atoms. The number of nitrogens with zero attached hydrogens (tertiary/aromatic N) is 1. The third kappa shape index (κ3) is 5.89. The number of methoxy groups -OCH3 is 3. The number of amides is 1. The Kier molecular flexibility index (Phi) is 8.14. The van der Waals surface area contributed by atoms with Gasteiger partial charge in [-0.05, 0) is 43.8 Å². The molecule has 0 saturated carbocycles. The van der Waals surface area contributed by atoms with Crippen LogP contribution in [0.15, 0.2) is 42.5 Å². The van der Waals surface area contributed by atoms with Crippen molar-refractivity contribution in [3.05, 3.63) is 53.6 Å². The summed E-state index contributed by atoms with van der Waals surface area (Å²) in [6, 6.07) is 14.1. The van der Waals surface area contributed by atoms with E-state index in [1.54, 1.807) is 33.5 Å². The molecule has 0 spiro atoms. The third-order valence-corrected chi connectivity index (χ3v) is 4.67. The number of benzene rings is 2. The van der Waals surface area contributed by atoms with Gasteiger partial charge in [0.15, 0.2) is 11.5 Å². The molecule has 2 aromatic rings. The molecule has 6 heteroatoms. The van der Waals surface area contributed by atoms with Gasteiger partial charge in [0.25, 0.3) is 0 Å². The Morgan fingerprint density at radius 1 is 0.964 bits per heavy atom. The fraction of sp³-hybridized carbons (Fsp3) is 0.409. The van der Waals surface area contributed by atoms with Crippen LogP contribution in [0.3, 0.4) is 0 Å². The van der Waals surface area contributed by atoms with Crippen molar-refractivity contribution in [1.29, 1.82) is 0 Å². The fourth-order valence-corrected chi connectivity index (χ4v) is 3.04. The van der Waals surface area contributed by atoms with Crippen molar-refractivity contribution in [1.82, 2.24) is 10.2 Å². The summed E-state index contributed by atoms with van der Waals surface area (Å²) in [5.41, 5.74) is 2.05. The Bertz CT molecular complexity index is 737. The van der Waals surface area contributed by atoms with Crippen molar-refractivity contribution in [3.8, 4) is 17.2 Å². The minimum absolute atomic E-state index is 0.0471. The molecule has 0 radical (unpaired) electrons. The number of carbonyl (C=O) groups is 1. The molecular weight excluding hydrogens is 356 g/mol. The van der Waals surface area contributed by atoms with Crippen LogP contribution in [0.4, 0.5) is 0 Å². The monoisotopic (exact) mass is 386 g/mol. The van der Waals surface area contributed by atoms with Crippen LogP contribution < -0.4 is 19.5 Å². The van der Waals surface area contributed by atoms with Gasteiger partial charge in [-0.1, -0.05) is 30.3 Å². The van der Waals surface area contributed by atoms with Gasteiger partial charge in [-0.25, -0.2) is 0 Å². The maximum Gasteiger partial charge on any atom is 0.224 e. The summed E-state index contributed by atoms with van der Waals surface area (Å²) in [6.45, 7) is 0.575. The van der Waals surface area contributed by atoms with Crippen molar-refractivity contribution >= 4 is 5.91 Å². The Morgan fingerprint density at radius 3 is 2.07 bits per heavy atom. The second-order valence-corrected chi connectivity index (χ2v) is 6.82. The second kappa shape index (κ2) is 10.6. The standard InChI is InChI=1S/C22H30N2O4/c1-24(2)18(11-16-9-7-6-8-10-16)15-23-21(25)14-17-12-19(26-3)22(28-5)20(13-17)27-4/h6-10,12-13,18H,11,14-15H2,1-5H3,(H,23,25)/t18-/m0/s1. The number of hydrogen-bond donors (Lipinski definition) is 1. The minimum Gasteiger partial charge on any atom is -0.493 e. The lowest BCUT2D eigenvalue weighted by Gasteiger charge is -2.25. The summed E-state index contributed by atoms with van der Waals surface area (Å²) < 4.78 is 16.0. The first kappa shape index (κ1) is 21.6. The Balaban J connectivity index is 2.00. The van der Waals surface area contributed by atoms with Crippen LogP contribution in [-0.2, 0) is 17.6 Å². The summed E-state index contributed by atoms with van der Waals surface area (Å²) in [6.07, 6.45) is 1.11. The Morgan fingerprint density at radius 2 is 1.57 bits per heavy atom. The SMILES string of the molecule is COc1cc(CC(=O)NC[C@H](Cc2ccccc2)N(C)C)cc(OC)c1OC. The van der Waals surface area contributed by atoms with Crippen LogP contribution in [0.25, 0.3) is 0 Å². The highest BCUT2D eigenvalue weighted by Crippen LogP contribution is 2.38. The lowest BCUT2D eigenvalue weighted by atomic mass is 10.0. The summed E-state index contributed by atoms with van der Waals surface area (Å²) in [4.78, 5) is 14.6. The molecule has 0 unspecified atom stereocenters. The molecule has 1 amide bonds. The van der Waals surface area contributed by atoms with Gasteiger partial charge >= 0.3 is 0 Å². The van der Waals surface area contributed by atoms with Crippen molar-refractivity contribution in [2.45, 2.75) is 18.9 Å². The van der Waals surface area contributed by atoms with E-state index in [0.29, 0.717) is 23.8 Å². The predicted molar refractivity (Wildman–Crippen MR) is 110 cm³/mol. The number of ether oxygens (including phenoxy) is 3. The third-order valence-electron chi connectivity index (χ3n) is 4.67. The highest BCUT2D eigenvalue weighted by Gasteiger charge is 2.17. The average molecular weight is 386 g/mol. The summed E-state index contributed by atoms with van der Waals surface area (Å²) >= 11 is 0. The predicted octanol–water partition coefficient (Wildman–Crippen LogP) is 2.54. The zero-order valence-corrected chi connectivity index (χ0v) is 17.3. The quantitative estimate of drug-likeness (QED) is 0.680. The van der Waals surface area contributed by atoms with Crippen LogP contribution in [0.1, 0.15) is 11.1 Å². The van der Waals surface area contributed by atoms with Crippen LogP contribution in [-0.4, -0.2) is 58.8 Å². The number of hydrogen-bond acceptors (Lipinski definition) is 5. The molecule has 0 aliphatic rings. The maximum absolute atomic E-state index is 12.5. The summed E-state index contributed by atoms with van der Waals surface area (Å²) in [5, 5.41) is 3.04.